The molecule has 27 heavy (non-hydrogen) atoms. The summed E-state index contributed by atoms with van der Waals surface area (Å²) >= 11 is 2.22. The van der Waals surface area contributed by atoms with Gasteiger partial charge >= 0.3 is 0 Å². The average molecular weight is 464 g/mol. The van der Waals surface area contributed by atoms with Crippen LogP contribution < -0.4 is 5.56 Å². The lowest BCUT2D eigenvalue weighted by Crippen LogP contribution is -2.22. The van der Waals surface area contributed by atoms with Gasteiger partial charge in [0.15, 0.2) is 0 Å². The molecule has 0 radical (unpaired) electrons. The first-order chi connectivity index (χ1) is 13.1. The van der Waals surface area contributed by atoms with Crippen LogP contribution in [0.15, 0.2) is 77.6 Å². The summed E-state index contributed by atoms with van der Waals surface area (Å²) in [5.41, 5.74) is 3.73. The van der Waals surface area contributed by atoms with Gasteiger partial charge < -0.3 is 0 Å². The van der Waals surface area contributed by atoms with Gasteiger partial charge in [-0.05, 0) is 77.0 Å². The van der Waals surface area contributed by atoms with Crippen molar-refractivity contribution < 1.29 is 0 Å². The van der Waals surface area contributed by atoms with Crippen molar-refractivity contribution >= 4 is 45.6 Å². The zero-order valence-corrected chi connectivity index (χ0v) is 16.9. The van der Waals surface area contributed by atoms with Crippen LogP contribution in [0.25, 0.3) is 28.7 Å². The zero-order chi connectivity index (χ0) is 18.8. The quantitative estimate of drug-likeness (QED) is 0.377. The van der Waals surface area contributed by atoms with Gasteiger partial charge in [-0.1, -0.05) is 48.5 Å². The van der Waals surface area contributed by atoms with Crippen LogP contribution in [0.1, 0.15) is 17.0 Å². The summed E-state index contributed by atoms with van der Waals surface area (Å²) in [5.74, 6) is 0.614. The van der Waals surface area contributed by atoms with Crippen molar-refractivity contribution in [2.75, 3.05) is 0 Å². The van der Waals surface area contributed by atoms with Crippen LogP contribution in [0, 0.1) is 10.5 Å². The van der Waals surface area contributed by atoms with E-state index in [-0.39, 0.29) is 5.56 Å². The van der Waals surface area contributed by atoms with Gasteiger partial charge in [0.25, 0.3) is 5.56 Å². The number of halogens is 1. The fraction of sp³-hybridized carbons (Fsp3) is 0.0435. The molecule has 0 saturated carbocycles. The molecule has 0 bridgehead atoms. The second kappa shape index (κ2) is 7.48. The molecule has 0 aliphatic rings. The summed E-state index contributed by atoms with van der Waals surface area (Å²) in [5, 5.41) is 0.624. The molecule has 0 aliphatic carbocycles. The maximum atomic E-state index is 13.3. The molecule has 0 fully saturated rings. The molecule has 0 saturated heterocycles. The number of hydrogen-bond acceptors (Lipinski definition) is 2. The van der Waals surface area contributed by atoms with E-state index in [0.29, 0.717) is 16.7 Å². The zero-order valence-electron chi connectivity index (χ0n) is 14.8. The molecule has 0 unspecified atom stereocenters. The number of hydrogen-bond donors (Lipinski definition) is 0. The first kappa shape index (κ1) is 17.7. The van der Waals surface area contributed by atoms with Gasteiger partial charge in [-0.2, -0.15) is 0 Å². The van der Waals surface area contributed by atoms with Crippen LogP contribution in [-0.4, -0.2) is 9.55 Å². The molecule has 4 heteroatoms. The van der Waals surface area contributed by atoms with E-state index in [2.05, 4.69) is 41.6 Å². The van der Waals surface area contributed by atoms with E-state index in [4.69, 9.17) is 4.98 Å². The number of fused-ring (bicyclic) bond motifs is 1. The van der Waals surface area contributed by atoms with Gasteiger partial charge in [0.05, 0.1) is 16.6 Å². The highest BCUT2D eigenvalue weighted by atomic mass is 127. The third-order valence-electron chi connectivity index (χ3n) is 4.47. The van der Waals surface area contributed by atoms with Crippen molar-refractivity contribution in [1.29, 1.82) is 0 Å². The van der Waals surface area contributed by atoms with E-state index in [9.17, 15) is 4.79 Å². The lowest BCUT2D eigenvalue weighted by atomic mass is 10.1. The predicted molar refractivity (Wildman–Crippen MR) is 120 cm³/mol. The Balaban J connectivity index is 1.97. The van der Waals surface area contributed by atoms with Gasteiger partial charge in [0, 0.05) is 3.57 Å². The van der Waals surface area contributed by atoms with Crippen LogP contribution in [0.3, 0.4) is 0 Å². The van der Waals surface area contributed by atoms with Gasteiger partial charge in [0.1, 0.15) is 5.82 Å². The fourth-order valence-electron chi connectivity index (χ4n) is 3.05. The fourth-order valence-corrected chi connectivity index (χ4v) is 3.54. The molecular weight excluding hydrogens is 447 g/mol. The first-order valence-electron chi connectivity index (χ1n) is 8.65. The average Bonchev–Trinajstić information content (AvgIpc) is 2.69. The first-order valence-corrected chi connectivity index (χ1v) is 9.73. The molecule has 0 atom stereocenters. The molecule has 3 aromatic carbocycles. The number of aromatic nitrogens is 2. The van der Waals surface area contributed by atoms with E-state index >= 15 is 0 Å². The van der Waals surface area contributed by atoms with Crippen LogP contribution in [0.4, 0.5) is 0 Å². The molecule has 132 valence electrons. The Morgan fingerprint density at radius 2 is 1.67 bits per heavy atom. The van der Waals surface area contributed by atoms with Gasteiger partial charge in [-0.25, -0.2) is 4.98 Å². The molecule has 0 N–H and O–H groups in total. The standard InChI is InChI=1S/C23H17IN2O/c1-16-7-5-6-8-17(16)11-14-22-25-21-13-12-18(24)15-20(21)23(27)26(22)19-9-3-2-4-10-19/h2-15H,1H3/b14-11-. The second-order valence-corrected chi connectivity index (χ2v) is 7.54. The van der Waals surface area contributed by atoms with Crippen molar-refractivity contribution in [3.63, 3.8) is 0 Å². The smallest absolute Gasteiger partial charge is 0.266 e. The SMILES string of the molecule is Cc1ccccc1/C=C\c1nc2ccc(I)cc2c(=O)n1-c1ccccc1. The minimum atomic E-state index is -0.0610. The molecule has 1 heterocycles. The maximum Gasteiger partial charge on any atom is 0.266 e. The Labute approximate surface area is 171 Å². The van der Waals surface area contributed by atoms with Crippen molar-refractivity contribution in [3.05, 3.63) is 104 Å². The van der Waals surface area contributed by atoms with Crippen LogP contribution in [0.2, 0.25) is 0 Å². The van der Waals surface area contributed by atoms with Gasteiger partial charge in [-0.15, -0.1) is 0 Å². The Morgan fingerprint density at radius 3 is 2.44 bits per heavy atom. The summed E-state index contributed by atoms with van der Waals surface area (Å²) < 4.78 is 2.69. The summed E-state index contributed by atoms with van der Waals surface area (Å²) in [6.45, 7) is 2.07. The third-order valence-corrected chi connectivity index (χ3v) is 5.14. The highest BCUT2D eigenvalue weighted by Crippen LogP contribution is 2.18. The molecule has 4 rings (SSSR count). The molecule has 0 spiro atoms. The minimum absolute atomic E-state index is 0.0610. The lowest BCUT2D eigenvalue weighted by Gasteiger charge is -2.11. The topological polar surface area (TPSA) is 34.9 Å². The van der Waals surface area contributed by atoms with Crippen LogP contribution in [0.5, 0.6) is 0 Å². The molecular formula is C23H17IN2O. The third kappa shape index (κ3) is 3.57. The monoisotopic (exact) mass is 464 g/mol. The summed E-state index contributed by atoms with van der Waals surface area (Å²) in [7, 11) is 0. The van der Waals surface area contributed by atoms with Crippen molar-refractivity contribution in [3.8, 4) is 5.69 Å². The van der Waals surface area contributed by atoms with E-state index < -0.39 is 0 Å². The van der Waals surface area contributed by atoms with E-state index in [0.717, 1.165) is 14.8 Å². The number of benzene rings is 3. The van der Waals surface area contributed by atoms with Crippen LogP contribution >= 0.6 is 22.6 Å². The Hall–Kier alpha value is -2.73. The number of nitrogens with zero attached hydrogens (tertiary/aromatic N) is 2. The molecule has 3 nitrogen and oxygen atoms in total. The van der Waals surface area contributed by atoms with Crippen molar-refractivity contribution in [2.45, 2.75) is 6.92 Å². The number of aryl methyl sites for hydroxylation is 1. The molecule has 4 aromatic rings. The van der Waals surface area contributed by atoms with Gasteiger partial charge in [-0.3, -0.25) is 9.36 Å². The number of rotatable bonds is 3. The van der Waals surface area contributed by atoms with Crippen molar-refractivity contribution in [2.24, 2.45) is 0 Å². The van der Waals surface area contributed by atoms with E-state index in [1.54, 1.807) is 4.57 Å². The number of para-hydroxylation sites is 1. The highest BCUT2D eigenvalue weighted by Gasteiger charge is 2.11. The molecule has 1 aromatic heterocycles. The summed E-state index contributed by atoms with van der Waals surface area (Å²) in [4.78, 5) is 18.0. The minimum Gasteiger partial charge on any atom is -0.268 e. The van der Waals surface area contributed by atoms with Crippen LogP contribution in [-0.2, 0) is 0 Å². The highest BCUT2D eigenvalue weighted by molar-refractivity contribution is 14.1. The van der Waals surface area contributed by atoms with Gasteiger partial charge in [0.2, 0.25) is 0 Å². The summed E-state index contributed by atoms with van der Waals surface area (Å²) in [6, 6.07) is 23.5. The largest absolute Gasteiger partial charge is 0.268 e. The Kier molecular flexibility index (Phi) is 4.90. The van der Waals surface area contributed by atoms with Crippen molar-refractivity contribution in [1.82, 2.24) is 9.55 Å². The predicted octanol–water partition coefficient (Wildman–Crippen LogP) is 5.47. The molecule has 0 amide bonds. The Morgan fingerprint density at radius 1 is 0.926 bits per heavy atom. The maximum absolute atomic E-state index is 13.3. The summed E-state index contributed by atoms with van der Waals surface area (Å²) in [6.07, 6.45) is 3.92. The lowest BCUT2D eigenvalue weighted by molar-refractivity contribution is 0.944. The molecule has 0 aliphatic heterocycles. The second-order valence-electron chi connectivity index (χ2n) is 6.30. The van der Waals surface area contributed by atoms with E-state index in [1.165, 1.54) is 5.56 Å². The normalized spacial score (nSPS) is 11.3. The Bertz CT molecular complexity index is 1210. The van der Waals surface area contributed by atoms with E-state index in [1.807, 2.05) is 72.8 Å².